The molecule has 25 heavy (non-hydrogen) atoms. The molecule has 3 aromatic rings. The van der Waals surface area contributed by atoms with Crippen molar-refractivity contribution in [2.45, 2.75) is 19.0 Å². The lowest BCUT2D eigenvalue weighted by molar-refractivity contribution is 0.100. The highest BCUT2D eigenvalue weighted by atomic mass is 32.2. The van der Waals surface area contributed by atoms with E-state index in [2.05, 4.69) is 9.97 Å². The van der Waals surface area contributed by atoms with Gasteiger partial charge in [0, 0.05) is 11.8 Å². The number of methoxy groups -OCH3 is 1. The third-order valence-corrected chi connectivity index (χ3v) is 4.74. The number of hydrogen-bond acceptors (Lipinski definition) is 6. The number of hydrogen-bond donors (Lipinski definition) is 2. The van der Waals surface area contributed by atoms with Crippen molar-refractivity contribution in [1.82, 2.24) is 14.5 Å². The van der Waals surface area contributed by atoms with E-state index in [1.54, 1.807) is 17.9 Å². The molecule has 0 bridgehead atoms. The Morgan fingerprint density at radius 3 is 2.64 bits per heavy atom. The summed E-state index contributed by atoms with van der Waals surface area (Å²) in [5.74, 6) is 0.357. The lowest BCUT2D eigenvalue weighted by Crippen LogP contribution is -2.14. The van der Waals surface area contributed by atoms with Crippen LogP contribution in [-0.2, 0) is 0 Å². The Morgan fingerprint density at radius 2 is 2.04 bits per heavy atom. The Kier molecular flexibility index (Phi) is 4.30. The number of anilines is 1. The fourth-order valence-corrected chi connectivity index (χ4v) is 3.37. The van der Waals surface area contributed by atoms with Gasteiger partial charge >= 0.3 is 0 Å². The van der Waals surface area contributed by atoms with Crippen molar-refractivity contribution in [2.24, 2.45) is 5.73 Å². The molecule has 3 rings (SSSR count). The largest absolute Gasteiger partial charge is 0.496 e. The molecule has 0 radical (unpaired) electrons. The number of benzene rings is 1. The second kappa shape index (κ2) is 6.29. The Balaban J connectivity index is 2.49. The van der Waals surface area contributed by atoms with Crippen LogP contribution in [0.1, 0.15) is 21.5 Å². The van der Waals surface area contributed by atoms with Crippen LogP contribution in [0, 0.1) is 13.8 Å². The van der Waals surface area contributed by atoms with Gasteiger partial charge in [-0.1, -0.05) is 17.8 Å². The lowest BCUT2D eigenvalue weighted by Gasteiger charge is -2.16. The summed E-state index contributed by atoms with van der Waals surface area (Å²) >= 11 is 1.41. The third-order valence-electron chi connectivity index (χ3n) is 4.18. The minimum atomic E-state index is -0.611. The zero-order valence-electron chi connectivity index (χ0n) is 14.5. The predicted octanol–water partition coefficient (Wildman–Crippen LogP) is 2.45. The number of aryl methyl sites for hydroxylation is 1. The molecule has 7 nitrogen and oxygen atoms in total. The lowest BCUT2D eigenvalue weighted by atomic mass is 10.1. The number of rotatable bonds is 4. The standard InChI is InChI=1S/C17H19N5O2S/c1-8-5-6-11(24-3)9(2)13(8)22-14(18)12(15(19)23)10-7-20-17(25-4)21-16(10)22/h5-7H,18H2,1-4H3,(H2,19,23). The zero-order chi connectivity index (χ0) is 18.3. The van der Waals surface area contributed by atoms with Crippen molar-refractivity contribution in [2.75, 3.05) is 19.1 Å². The van der Waals surface area contributed by atoms with Crippen LogP contribution in [0.4, 0.5) is 5.82 Å². The van der Waals surface area contributed by atoms with Crippen LogP contribution in [0.5, 0.6) is 5.75 Å². The first-order valence-corrected chi connectivity index (χ1v) is 8.78. The van der Waals surface area contributed by atoms with Gasteiger partial charge in [0.1, 0.15) is 11.6 Å². The van der Waals surface area contributed by atoms with Gasteiger partial charge in [0.15, 0.2) is 10.8 Å². The van der Waals surface area contributed by atoms with Crippen molar-refractivity contribution in [3.63, 3.8) is 0 Å². The first-order valence-electron chi connectivity index (χ1n) is 7.56. The van der Waals surface area contributed by atoms with Crippen LogP contribution in [0.2, 0.25) is 0 Å². The van der Waals surface area contributed by atoms with Crippen LogP contribution in [-0.4, -0.2) is 33.8 Å². The summed E-state index contributed by atoms with van der Waals surface area (Å²) in [6.45, 7) is 3.90. The average molecular weight is 357 g/mol. The van der Waals surface area contributed by atoms with Crippen molar-refractivity contribution in [1.29, 1.82) is 0 Å². The molecular weight excluding hydrogens is 338 g/mol. The Hall–Kier alpha value is -2.74. The normalized spacial score (nSPS) is 11.0. The number of carbonyl (C=O) groups is 1. The summed E-state index contributed by atoms with van der Waals surface area (Å²) in [6.07, 6.45) is 3.47. The van der Waals surface area contributed by atoms with Crippen molar-refractivity contribution >= 4 is 34.5 Å². The zero-order valence-corrected chi connectivity index (χ0v) is 15.3. The molecule has 0 aliphatic heterocycles. The highest BCUT2D eigenvalue weighted by Crippen LogP contribution is 2.35. The number of primary amides is 1. The highest BCUT2D eigenvalue weighted by Gasteiger charge is 2.24. The molecule has 0 spiro atoms. The summed E-state index contributed by atoms with van der Waals surface area (Å²) in [5.41, 5.74) is 15.3. The molecule has 0 unspecified atom stereocenters. The van der Waals surface area contributed by atoms with Gasteiger partial charge in [0.25, 0.3) is 5.91 Å². The molecule has 2 aromatic heterocycles. The van der Waals surface area contributed by atoms with Gasteiger partial charge in [-0.2, -0.15) is 0 Å². The van der Waals surface area contributed by atoms with Gasteiger partial charge < -0.3 is 16.2 Å². The first kappa shape index (κ1) is 17.1. The van der Waals surface area contributed by atoms with E-state index < -0.39 is 5.91 Å². The van der Waals surface area contributed by atoms with E-state index in [1.165, 1.54) is 11.8 Å². The predicted molar refractivity (Wildman–Crippen MR) is 99.6 cm³/mol. The molecule has 0 saturated heterocycles. The number of thioether (sulfide) groups is 1. The first-order chi connectivity index (χ1) is 11.9. The maximum atomic E-state index is 12.0. The van der Waals surface area contributed by atoms with Gasteiger partial charge in [0.05, 0.1) is 23.7 Å². The number of aromatic nitrogens is 3. The highest BCUT2D eigenvalue weighted by molar-refractivity contribution is 7.98. The SMILES string of the molecule is COc1ccc(C)c(-n2c(N)c(C(N)=O)c3cnc(SC)nc32)c1C. The summed E-state index contributed by atoms with van der Waals surface area (Å²) in [6, 6.07) is 3.83. The van der Waals surface area contributed by atoms with Gasteiger partial charge in [-0.15, -0.1) is 0 Å². The number of fused-ring (bicyclic) bond motifs is 1. The molecule has 0 atom stereocenters. The van der Waals surface area contributed by atoms with E-state index in [4.69, 9.17) is 16.2 Å². The van der Waals surface area contributed by atoms with E-state index in [0.717, 1.165) is 22.6 Å². The van der Waals surface area contributed by atoms with Gasteiger partial charge in [-0.25, -0.2) is 9.97 Å². The van der Waals surface area contributed by atoms with Crippen LogP contribution in [0.3, 0.4) is 0 Å². The topological polar surface area (TPSA) is 109 Å². The number of nitrogens with two attached hydrogens (primary N) is 2. The Morgan fingerprint density at radius 1 is 1.32 bits per heavy atom. The molecule has 130 valence electrons. The number of nitrogens with zero attached hydrogens (tertiary/aromatic N) is 3. The minimum absolute atomic E-state index is 0.226. The van der Waals surface area contributed by atoms with Crippen LogP contribution < -0.4 is 16.2 Å². The second-order valence-electron chi connectivity index (χ2n) is 5.61. The number of amides is 1. The molecule has 1 aromatic carbocycles. The number of nitrogen functional groups attached to an aromatic ring is 1. The molecular formula is C17H19N5O2S. The quantitative estimate of drug-likeness (QED) is 0.548. The van der Waals surface area contributed by atoms with Gasteiger partial charge in [-0.3, -0.25) is 9.36 Å². The number of carbonyl (C=O) groups excluding carboxylic acids is 1. The monoisotopic (exact) mass is 357 g/mol. The minimum Gasteiger partial charge on any atom is -0.496 e. The van der Waals surface area contributed by atoms with Crippen LogP contribution in [0.25, 0.3) is 16.7 Å². The smallest absolute Gasteiger partial charge is 0.253 e. The third kappa shape index (κ3) is 2.58. The fourth-order valence-electron chi connectivity index (χ4n) is 3.03. The van der Waals surface area contributed by atoms with E-state index in [1.807, 2.05) is 32.2 Å². The fraction of sp³-hybridized carbons (Fsp3) is 0.235. The molecule has 8 heteroatoms. The van der Waals surface area contributed by atoms with Crippen molar-refractivity contribution < 1.29 is 9.53 Å². The van der Waals surface area contributed by atoms with Crippen molar-refractivity contribution in [3.05, 3.63) is 35.0 Å². The maximum absolute atomic E-state index is 12.0. The molecule has 0 saturated carbocycles. The Labute approximate surface area is 149 Å². The average Bonchev–Trinajstić information content (AvgIpc) is 2.87. The van der Waals surface area contributed by atoms with E-state index >= 15 is 0 Å². The molecule has 0 aliphatic rings. The van der Waals surface area contributed by atoms with Crippen LogP contribution >= 0.6 is 11.8 Å². The maximum Gasteiger partial charge on any atom is 0.253 e. The van der Waals surface area contributed by atoms with Gasteiger partial charge in [0.2, 0.25) is 0 Å². The molecule has 1 amide bonds. The van der Waals surface area contributed by atoms with E-state index in [0.29, 0.717) is 16.2 Å². The van der Waals surface area contributed by atoms with Crippen molar-refractivity contribution in [3.8, 4) is 11.4 Å². The summed E-state index contributed by atoms with van der Waals surface area (Å²) in [4.78, 5) is 20.8. The van der Waals surface area contributed by atoms with E-state index in [-0.39, 0.29) is 11.4 Å². The summed E-state index contributed by atoms with van der Waals surface area (Å²) in [5, 5.41) is 1.12. The molecule has 0 aliphatic carbocycles. The molecule has 2 heterocycles. The molecule has 4 N–H and O–H groups in total. The second-order valence-corrected chi connectivity index (χ2v) is 6.39. The number of ether oxygens (including phenoxy) is 1. The Bertz CT molecular complexity index is 997. The summed E-state index contributed by atoms with van der Waals surface area (Å²) in [7, 11) is 1.61. The van der Waals surface area contributed by atoms with Gasteiger partial charge in [-0.05, 0) is 31.7 Å². The van der Waals surface area contributed by atoms with E-state index in [9.17, 15) is 4.79 Å². The molecule has 0 fully saturated rings. The van der Waals surface area contributed by atoms with Crippen LogP contribution in [0.15, 0.2) is 23.5 Å². The summed E-state index contributed by atoms with van der Waals surface area (Å²) < 4.78 is 7.18.